The zero-order valence-electron chi connectivity index (χ0n) is 16.9. The van der Waals surface area contributed by atoms with Crippen LogP contribution in [-0.2, 0) is 10.0 Å². The van der Waals surface area contributed by atoms with Gasteiger partial charge in [0.25, 0.3) is 5.91 Å². The highest BCUT2D eigenvalue weighted by atomic mass is 32.2. The Morgan fingerprint density at radius 3 is 2.36 bits per heavy atom. The molecule has 0 bridgehead atoms. The molecule has 5 nitrogen and oxygen atoms in total. The lowest BCUT2D eigenvalue weighted by molar-refractivity contribution is 0.102. The van der Waals surface area contributed by atoms with Crippen molar-refractivity contribution in [3.63, 3.8) is 0 Å². The van der Waals surface area contributed by atoms with Gasteiger partial charge in [0.15, 0.2) is 0 Å². The van der Waals surface area contributed by atoms with Crippen LogP contribution < -0.4 is 5.32 Å². The molecule has 1 N–H and O–H groups in total. The maximum absolute atomic E-state index is 13.1. The fourth-order valence-corrected chi connectivity index (χ4v) is 5.56. The molecule has 1 fully saturated rings. The van der Waals surface area contributed by atoms with E-state index in [4.69, 9.17) is 0 Å². The van der Waals surface area contributed by atoms with Crippen molar-refractivity contribution in [3.8, 4) is 0 Å². The zero-order chi connectivity index (χ0) is 20.5. The molecule has 2 aromatic rings. The first-order valence-electron chi connectivity index (χ1n) is 9.66. The van der Waals surface area contributed by atoms with E-state index in [0.29, 0.717) is 30.5 Å². The second kappa shape index (κ2) is 8.05. The number of sulfonamides is 1. The average Bonchev–Trinajstić information content (AvgIpc) is 2.64. The molecule has 2 atom stereocenters. The van der Waals surface area contributed by atoms with Crippen LogP contribution in [0.2, 0.25) is 0 Å². The second-order valence-electron chi connectivity index (χ2n) is 8.00. The molecule has 0 aromatic heterocycles. The van der Waals surface area contributed by atoms with E-state index in [2.05, 4.69) is 19.2 Å². The van der Waals surface area contributed by atoms with Gasteiger partial charge in [-0.05, 0) is 67.5 Å². The van der Waals surface area contributed by atoms with Crippen LogP contribution in [0.25, 0.3) is 0 Å². The number of anilines is 1. The number of carbonyl (C=O) groups is 1. The number of nitrogens with zero attached hydrogens (tertiary/aromatic N) is 1. The largest absolute Gasteiger partial charge is 0.322 e. The highest BCUT2D eigenvalue weighted by Crippen LogP contribution is 2.27. The van der Waals surface area contributed by atoms with Gasteiger partial charge in [-0.25, -0.2) is 8.42 Å². The molecule has 150 valence electrons. The number of aryl methyl sites for hydroxylation is 1. The summed E-state index contributed by atoms with van der Waals surface area (Å²) >= 11 is 0. The molecule has 6 heteroatoms. The molecular formula is C22H28N2O3S. The van der Waals surface area contributed by atoms with Gasteiger partial charge in [0.2, 0.25) is 10.0 Å². The van der Waals surface area contributed by atoms with Crippen LogP contribution in [0.1, 0.15) is 41.8 Å². The smallest absolute Gasteiger partial charge is 0.255 e. The maximum Gasteiger partial charge on any atom is 0.255 e. The topological polar surface area (TPSA) is 66.5 Å². The Kier molecular flexibility index (Phi) is 5.91. The summed E-state index contributed by atoms with van der Waals surface area (Å²) in [7, 11) is -3.62. The van der Waals surface area contributed by atoms with Gasteiger partial charge in [-0.15, -0.1) is 0 Å². The van der Waals surface area contributed by atoms with E-state index < -0.39 is 10.0 Å². The lowest BCUT2D eigenvalue weighted by Crippen LogP contribution is -2.42. The highest BCUT2D eigenvalue weighted by molar-refractivity contribution is 7.89. The van der Waals surface area contributed by atoms with Crippen LogP contribution in [0.15, 0.2) is 47.4 Å². The molecule has 0 spiro atoms. The van der Waals surface area contributed by atoms with Gasteiger partial charge in [-0.1, -0.05) is 32.0 Å². The quantitative estimate of drug-likeness (QED) is 0.835. The molecule has 2 aromatic carbocycles. The van der Waals surface area contributed by atoms with E-state index in [1.54, 1.807) is 22.5 Å². The number of rotatable bonds is 4. The van der Waals surface area contributed by atoms with E-state index >= 15 is 0 Å². The molecule has 0 radical (unpaired) electrons. The third-order valence-corrected chi connectivity index (χ3v) is 7.25. The highest BCUT2D eigenvalue weighted by Gasteiger charge is 2.32. The maximum atomic E-state index is 13.1. The first kappa shape index (κ1) is 20.6. The fourth-order valence-electron chi connectivity index (χ4n) is 3.83. The minimum Gasteiger partial charge on any atom is -0.322 e. The SMILES string of the molecule is Cc1cccc(NC(=O)c2cccc(S(=O)(=O)N3C[C@@H](C)C[C@H](C)C3)c2)c1C. The van der Waals surface area contributed by atoms with Gasteiger partial charge in [-0.3, -0.25) is 4.79 Å². The fraction of sp³-hybridized carbons (Fsp3) is 0.409. The summed E-state index contributed by atoms with van der Waals surface area (Å²) in [4.78, 5) is 12.9. The van der Waals surface area contributed by atoms with Crippen LogP contribution in [0.4, 0.5) is 5.69 Å². The molecule has 1 aliphatic rings. The van der Waals surface area contributed by atoms with Gasteiger partial charge in [-0.2, -0.15) is 4.31 Å². The van der Waals surface area contributed by atoms with Gasteiger partial charge < -0.3 is 5.32 Å². The predicted molar refractivity (Wildman–Crippen MR) is 112 cm³/mol. The standard InChI is InChI=1S/C22H28N2O3S/c1-15-11-16(2)14-24(13-15)28(26,27)20-9-6-8-19(12-20)22(25)23-21-10-5-7-17(3)18(21)4/h5-10,12,15-16H,11,13-14H2,1-4H3,(H,23,25)/t15-,16-/m0/s1. The number of carbonyl (C=O) groups excluding carboxylic acids is 1. The summed E-state index contributed by atoms with van der Waals surface area (Å²) in [6.07, 6.45) is 1.03. The number of hydrogen-bond acceptors (Lipinski definition) is 3. The number of amides is 1. The summed E-state index contributed by atoms with van der Waals surface area (Å²) in [6.45, 7) is 9.12. The molecule has 1 amide bonds. The van der Waals surface area contributed by atoms with E-state index in [-0.39, 0.29) is 10.8 Å². The van der Waals surface area contributed by atoms with Crippen molar-refractivity contribution in [1.82, 2.24) is 4.31 Å². The molecular weight excluding hydrogens is 372 g/mol. The Balaban J connectivity index is 1.85. The molecule has 3 rings (SSSR count). The normalized spacial score (nSPS) is 20.7. The van der Waals surface area contributed by atoms with E-state index in [0.717, 1.165) is 23.2 Å². The molecule has 1 aliphatic heterocycles. The van der Waals surface area contributed by atoms with Crippen molar-refractivity contribution >= 4 is 21.6 Å². The minimum atomic E-state index is -3.62. The monoisotopic (exact) mass is 400 g/mol. The van der Waals surface area contributed by atoms with Crippen molar-refractivity contribution in [2.75, 3.05) is 18.4 Å². The Morgan fingerprint density at radius 2 is 1.68 bits per heavy atom. The Bertz CT molecular complexity index is 975. The number of piperidine rings is 1. The molecule has 0 saturated carbocycles. The molecule has 0 unspecified atom stereocenters. The first-order valence-corrected chi connectivity index (χ1v) is 11.1. The average molecular weight is 401 g/mol. The third-order valence-electron chi connectivity index (χ3n) is 5.42. The molecule has 28 heavy (non-hydrogen) atoms. The number of nitrogens with one attached hydrogen (secondary N) is 1. The minimum absolute atomic E-state index is 0.169. The Hall–Kier alpha value is -2.18. The summed E-state index contributed by atoms with van der Waals surface area (Å²) in [5, 5.41) is 2.89. The molecule has 1 saturated heterocycles. The number of hydrogen-bond donors (Lipinski definition) is 1. The Morgan fingerprint density at radius 1 is 1.04 bits per heavy atom. The second-order valence-corrected chi connectivity index (χ2v) is 9.94. The number of benzene rings is 2. The summed E-state index contributed by atoms with van der Waals surface area (Å²) in [6, 6.07) is 12.0. The summed E-state index contributed by atoms with van der Waals surface area (Å²) < 4.78 is 27.8. The van der Waals surface area contributed by atoms with Crippen LogP contribution >= 0.6 is 0 Å². The van der Waals surface area contributed by atoms with Crippen LogP contribution in [0, 0.1) is 25.7 Å². The first-order chi connectivity index (χ1) is 13.2. The lowest BCUT2D eigenvalue weighted by atomic mass is 9.94. The molecule has 1 heterocycles. The van der Waals surface area contributed by atoms with Crippen molar-refractivity contribution in [2.45, 2.75) is 39.0 Å². The summed E-state index contributed by atoms with van der Waals surface area (Å²) in [5.41, 5.74) is 3.15. The zero-order valence-corrected chi connectivity index (χ0v) is 17.7. The van der Waals surface area contributed by atoms with E-state index in [1.807, 2.05) is 32.0 Å². The van der Waals surface area contributed by atoms with Gasteiger partial charge in [0, 0.05) is 24.3 Å². The van der Waals surface area contributed by atoms with Crippen molar-refractivity contribution in [3.05, 3.63) is 59.2 Å². The third kappa shape index (κ3) is 4.28. The van der Waals surface area contributed by atoms with Gasteiger partial charge >= 0.3 is 0 Å². The summed E-state index contributed by atoms with van der Waals surface area (Å²) in [5.74, 6) is 0.342. The Labute approximate surface area is 167 Å². The van der Waals surface area contributed by atoms with Gasteiger partial charge in [0.05, 0.1) is 4.90 Å². The van der Waals surface area contributed by atoms with Crippen LogP contribution in [0.5, 0.6) is 0 Å². The van der Waals surface area contributed by atoms with Crippen molar-refractivity contribution in [1.29, 1.82) is 0 Å². The van der Waals surface area contributed by atoms with Crippen LogP contribution in [-0.4, -0.2) is 31.7 Å². The predicted octanol–water partition coefficient (Wildman–Crippen LogP) is 4.22. The van der Waals surface area contributed by atoms with Crippen molar-refractivity contribution in [2.24, 2.45) is 11.8 Å². The van der Waals surface area contributed by atoms with Crippen molar-refractivity contribution < 1.29 is 13.2 Å². The lowest BCUT2D eigenvalue weighted by Gasteiger charge is -2.34. The van der Waals surface area contributed by atoms with Crippen LogP contribution in [0.3, 0.4) is 0 Å². The van der Waals surface area contributed by atoms with E-state index in [9.17, 15) is 13.2 Å². The van der Waals surface area contributed by atoms with Gasteiger partial charge in [0.1, 0.15) is 0 Å². The molecule has 0 aliphatic carbocycles. The van der Waals surface area contributed by atoms with E-state index in [1.165, 1.54) is 6.07 Å².